The van der Waals surface area contributed by atoms with Crippen molar-refractivity contribution in [2.24, 2.45) is 5.92 Å². The Kier molecular flexibility index (Phi) is 5.93. The summed E-state index contributed by atoms with van der Waals surface area (Å²) in [5, 5.41) is 2.21. The van der Waals surface area contributed by atoms with Gasteiger partial charge in [0.15, 0.2) is 10.7 Å². The average molecular weight is 369 g/mol. The van der Waals surface area contributed by atoms with Crippen molar-refractivity contribution in [2.45, 2.75) is 50.9 Å². The lowest BCUT2D eigenvalue weighted by Crippen LogP contribution is -2.26. The lowest BCUT2D eigenvalue weighted by molar-refractivity contribution is 0.0956. The fourth-order valence-electron chi connectivity index (χ4n) is 3.38. The number of carbonyl (C=O) groups is 1. The van der Waals surface area contributed by atoms with E-state index in [1.807, 2.05) is 0 Å². The zero-order valence-corrected chi connectivity index (χ0v) is 15.0. The van der Waals surface area contributed by atoms with Gasteiger partial charge in [-0.2, -0.15) is 0 Å². The van der Waals surface area contributed by atoms with Crippen molar-refractivity contribution in [1.82, 2.24) is 5.32 Å². The highest BCUT2D eigenvalue weighted by atomic mass is 32.2. The van der Waals surface area contributed by atoms with Gasteiger partial charge in [-0.15, -0.1) is 0 Å². The summed E-state index contributed by atoms with van der Waals surface area (Å²) in [5.74, 6) is -0.548. The largest absolute Gasteiger partial charge is 0.493 e. The summed E-state index contributed by atoms with van der Waals surface area (Å²) in [6, 6.07) is 2.80. The second-order valence-electron chi connectivity index (χ2n) is 6.96. The summed E-state index contributed by atoms with van der Waals surface area (Å²) in [7, 11) is -2.74. The third kappa shape index (κ3) is 4.93. The van der Waals surface area contributed by atoms with Crippen LogP contribution in [-0.4, -0.2) is 26.8 Å². The molecule has 2 aliphatic carbocycles. The lowest BCUT2D eigenvalue weighted by Gasteiger charge is -2.22. The van der Waals surface area contributed by atoms with Crippen LogP contribution in [0.5, 0.6) is 5.75 Å². The SMILES string of the molecule is O=C(NC[SH](=O)=O)c1cc(C2CC2)c(OCC2CCCCC2)cc1F. The minimum Gasteiger partial charge on any atom is -0.493 e. The van der Waals surface area contributed by atoms with Gasteiger partial charge < -0.3 is 10.1 Å². The number of thiol groups is 1. The molecular formula is C18H24FNO4S. The molecule has 0 aromatic heterocycles. The number of ether oxygens (including phenoxy) is 1. The number of amides is 1. The normalized spacial score (nSPS) is 18.3. The van der Waals surface area contributed by atoms with E-state index in [0.717, 1.165) is 31.2 Å². The number of rotatable bonds is 7. The van der Waals surface area contributed by atoms with E-state index in [2.05, 4.69) is 5.32 Å². The van der Waals surface area contributed by atoms with Crippen LogP contribution in [0.3, 0.4) is 0 Å². The van der Waals surface area contributed by atoms with Gasteiger partial charge in [0, 0.05) is 6.07 Å². The Bertz CT molecular complexity index is 701. The Morgan fingerprint density at radius 1 is 1.16 bits per heavy atom. The van der Waals surface area contributed by atoms with E-state index in [1.165, 1.54) is 31.4 Å². The third-order valence-electron chi connectivity index (χ3n) is 4.93. The molecule has 0 aliphatic heterocycles. The lowest BCUT2D eigenvalue weighted by atomic mass is 9.90. The van der Waals surface area contributed by atoms with Crippen molar-refractivity contribution in [2.75, 3.05) is 12.5 Å². The number of hydrogen-bond donors (Lipinski definition) is 2. The molecule has 0 saturated heterocycles. The molecule has 2 aliphatic rings. The van der Waals surface area contributed by atoms with Gasteiger partial charge in [0.25, 0.3) is 5.91 Å². The molecule has 0 unspecified atom stereocenters. The number of nitrogens with one attached hydrogen (secondary N) is 1. The topological polar surface area (TPSA) is 72.5 Å². The fourth-order valence-corrected chi connectivity index (χ4v) is 3.65. The third-order valence-corrected chi connectivity index (χ3v) is 5.35. The Morgan fingerprint density at radius 3 is 2.52 bits per heavy atom. The van der Waals surface area contributed by atoms with E-state index >= 15 is 0 Å². The van der Waals surface area contributed by atoms with Crippen molar-refractivity contribution >= 4 is 16.6 Å². The maximum Gasteiger partial charge on any atom is 0.255 e. The second kappa shape index (κ2) is 8.17. The van der Waals surface area contributed by atoms with E-state index in [9.17, 15) is 17.6 Å². The predicted octanol–water partition coefficient (Wildman–Crippen LogP) is 2.96. The summed E-state index contributed by atoms with van der Waals surface area (Å²) in [6.45, 7) is 0.585. The number of hydrogen-bond acceptors (Lipinski definition) is 4. The van der Waals surface area contributed by atoms with E-state index in [4.69, 9.17) is 4.74 Å². The van der Waals surface area contributed by atoms with Gasteiger partial charge in [0.05, 0.1) is 12.2 Å². The maximum absolute atomic E-state index is 14.4. The highest BCUT2D eigenvalue weighted by Gasteiger charge is 2.29. The van der Waals surface area contributed by atoms with Gasteiger partial charge in [-0.25, -0.2) is 12.8 Å². The predicted molar refractivity (Wildman–Crippen MR) is 93.1 cm³/mol. The number of benzene rings is 1. The molecule has 0 heterocycles. The molecule has 0 radical (unpaired) electrons. The number of halogens is 1. The Balaban J connectivity index is 1.74. The zero-order chi connectivity index (χ0) is 17.8. The maximum atomic E-state index is 14.4. The zero-order valence-electron chi connectivity index (χ0n) is 14.1. The second-order valence-corrected chi connectivity index (χ2v) is 7.94. The molecule has 1 amide bonds. The average Bonchev–Trinajstić information content (AvgIpc) is 3.43. The molecule has 7 heteroatoms. The van der Waals surface area contributed by atoms with E-state index in [-0.39, 0.29) is 5.56 Å². The van der Waals surface area contributed by atoms with Crippen LogP contribution in [0.15, 0.2) is 12.1 Å². The first kappa shape index (κ1) is 18.2. The molecule has 5 nitrogen and oxygen atoms in total. The van der Waals surface area contributed by atoms with Crippen LogP contribution in [0, 0.1) is 11.7 Å². The minimum absolute atomic E-state index is 0.122. The summed E-state index contributed by atoms with van der Waals surface area (Å²) in [6.07, 6.45) is 8.01. The highest BCUT2D eigenvalue weighted by molar-refractivity contribution is 7.72. The smallest absolute Gasteiger partial charge is 0.255 e. The van der Waals surface area contributed by atoms with Crippen molar-refractivity contribution in [3.05, 3.63) is 29.1 Å². The standard InChI is InChI=1S/C18H24FNO4S/c19-16-9-17(24-10-12-4-2-1-3-5-12)14(13-6-7-13)8-15(16)18(21)20-11-25(22)23/h8-9,12-13,25H,1-7,10-11H2,(H,20,21). The van der Waals surface area contributed by atoms with Crippen LogP contribution in [0.2, 0.25) is 0 Å². The first-order valence-corrected chi connectivity index (χ1v) is 10.3. The number of carbonyl (C=O) groups excluding carboxylic acids is 1. The summed E-state index contributed by atoms with van der Waals surface area (Å²) in [4.78, 5) is 12.0. The van der Waals surface area contributed by atoms with Crippen molar-refractivity contribution < 1.29 is 22.3 Å². The molecule has 1 N–H and O–H groups in total. The molecule has 1 aromatic rings. The molecule has 0 atom stereocenters. The highest BCUT2D eigenvalue weighted by Crippen LogP contribution is 2.45. The van der Waals surface area contributed by atoms with Crippen molar-refractivity contribution in [1.29, 1.82) is 0 Å². The van der Waals surface area contributed by atoms with Gasteiger partial charge in [-0.1, -0.05) is 19.3 Å². The molecule has 138 valence electrons. The van der Waals surface area contributed by atoms with Crippen LogP contribution in [0.25, 0.3) is 0 Å². The minimum atomic E-state index is -2.74. The Labute approximate surface area is 148 Å². The fraction of sp³-hybridized carbons (Fsp3) is 0.611. The van der Waals surface area contributed by atoms with Crippen molar-refractivity contribution in [3.8, 4) is 5.75 Å². The summed E-state index contributed by atoms with van der Waals surface area (Å²) in [5.41, 5.74) is 0.734. The van der Waals surface area contributed by atoms with E-state index in [1.54, 1.807) is 0 Å². The van der Waals surface area contributed by atoms with Crippen LogP contribution in [0.1, 0.15) is 66.8 Å². The van der Waals surface area contributed by atoms with Crippen LogP contribution >= 0.6 is 0 Å². The van der Waals surface area contributed by atoms with Crippen LogP contribution < -0.4 is 10.1 Å². The van der Waals surface area contributed by atoms with Gasteiger partial charge in [0.2, 0.25) is 0 Å². The molecule has 1 aromatic carbocycles. The van der Waals surface area contributed by atoms with Gasteiger partial charge in [0.1, 0.15) is 17.4 Å². The molecule has 3 rings (SSSR count). The Hall–Kier alpha value is -1.63. The molecule has 25 heavy (non-hydrogen) atoms. The summed E-state index contributed by atoms with van der Waals surface area (Å²) >= 11 is 0. The van der Waals surface area contributed by atoms with Crippen molar-refractivity contribution in [3.63, 3.8) is 0 Å². The monoisotopic (exact) mass is 369 g/mol. The van der Waals surface area contributed by atoms with Gasteiger partial charge >= 0.3 is 0 Å². The molecule has 2 saturated carbocycles. The first-order chi connectivity index (χ1) is 12.0. The van der Waals surface area contributed by atoms with E-state index < -0.39 is 28.3 Å². The van der Waals surface area contributed by atoms with Gasteiger partial charge in [-0.3, -0.25) is 4.79 Å². The molecular weight excluding hydrogens is 345 g/mol. The Morgan fingerprint density at radius 2 is 1.88 bits per heavy atom. The first-order valence-electron chi connectivity index (χ1n) is 8.91. The summed E-state index contributed by atoms with van der Waals surface area (Å²) < 4.78 is 41.5. The van der Waals surface area contributed by atoms with E-state index in [0.29, 0.717) is 24.2 Å². The van der Waals surface area contributed by atoms with Crippen LogP contribution in [0.4, 0.5) is 4.39 Å². The quantitative estimate of drug-likeness (QED) is 0.725. The molecule has 2 fully saturated rings. The molecule has 0 spiro atoms. The molecule has 0 bridgehead atoms. The van der Waals surface area contributed by atoms with Gasteiger partial charge in [-0.05, 0) is 49.1 Å². The van der Waals surface area contributed by atoms with Crippen LogP contribution in [-0.2, 0) is 10.7 Å².